The number of benzene rings is 2. The molecule has 1 heterocycles. The normalized spacial score (nSPS) is 10.1. The molecule has 26 heavy (non-hydrogen) atoms. The molecule has 3 rings (SSSR count). The summed E-state index contributed by atoms with van der Waals surface area (Å²) in [5.41, 5.74) is 2.02. The third kappa shape index (κ3) is 3.88. The predicted octanol–water partition coefficient (Wildman–Crippen LogP) is 5.19. The zero-order chi connectivity index (χ0) is 18.4. The number of ether oxygens (including phenoxy) is 1. The molecule has 2 aromatic carbocycles. The van der Waals surface area contributed by atoms with Gasteiger partial charge in [-0.05, 0) is 30.7 Å². The van der Waals surface area contributed by atoms with E-state index in [9.17, 15) is 0 Å². The fourth-order valence-corrected chi connectivity index (χ4v) is 2.99. The van der Waals surface area contributed by atoms with Crippen molar-refractivity contribution in [2.45, 2.75) is 13.0 Å². The number of nitrogens with zero attached hydrogens (tertiary/aromatic N) is 3. The molecule has 0 saturated heterocycles. The standard InChI is InChI=1S/C21H16ClN3O/c22-19-7-2-4-9-21(19)26-11-5-10-25-15-17(12-16(13-23)14-24)18-6-1-3-8-20(18)25/h1-4,6-9,12,15H,5,10-11H2. The van der Waals surface area contributed by atoms with Crippen LogP contribution in [-0.4, -0.2) is 11.2 Å². The van der Waals surface area contributed by atoms with E-state index in [0.29, 0.717) is 17.4 Å². The van der Waals surface area contributed by atoms with Crippen LogP contribution in [0.2, 0.25) is 5.02 Å². The number of aryl methyl sites for hydroxylation is 1. The maximum Gasteiger partial charge on any atom is 0.137 e. The van der Waals surface area contributed by atoms with E-state index in [-0.39, 0.29) is 5.57 Å². The van der Waals surface area contributed by atoms with Crippen molar-refractivity contribution >= 4 is 28.6 Å². The van der Waals surface area contributed by atoms with E-state index in [0.717, 1.165) is 29.4 Å². The Hall–Kier alpha value is -3.21. The van der Waals surface area contributed by atoms with Crippen LogP contribution >= 0.6 is 11.6 Å². The molecule has 0 unspecified atom stereocenters. The summed E-state index contributed by atoms with van der Waals surface area (Å²) in [7, 11) is 0. The quantitative estimate of drug-likeness (QED) is 0.448. The van der Waals surface area contributed by atoms with Crippen molar-refractivity contribution in [3.8, 4) is 17.9 Å². The molecule has 4 nitrogen and oxygen atoms in total. The number of halogens is 1. The van der Waals surface area contributed by atoms with Gasteiger partial charge in [0.15, 0.2) is 0 Å². The summed E-state index contributed by atoms with van der Waals surface area (Å²) >= 11 is 6.09. The molecule has 3 aromatic rings. The number of allylic oxidation sites excluding steroid dienone is 1. The molecule has 0 saturated carbocycles. The van der Waals surface area contributed by atoms with Crippen LogP contribution in [0, 0.1) is 22.7 Å². The van der Waals surface area contributed by atoms with Gasteiger partial charge in [0.25, 0.3) is 0 Å². The number of rotatable bonds is 6. The van der Waals surface area contributed by atoms with Gasteiger partial charge < -0.3 is 9.30 Å². The maximum atomic E-state index is 9.00. The molecule has 0 radical (unpaired) electrons. The molecule has 0 aliphatic carbocycles. The van der Waals surface area contributed by atoms with Crippen LogP contribution in [0.15, 0.2) is 60.3 Å². The first-order chi connectivity index (χ1) is 12.7. The monoisotopic (exact) mass is 361 g/mol. The fraction of sp³-hybridized carbons (Fsp3) is 0.143. The van der Waals surface area contributed by atoms with E-state index >= 15 is 0 Å². The van der Waals surface area contributed by atoms with E-state index in [1.807, 2.05) is 60.8 Å². The van der Waals surface area contributed by atoms with Gasteiger partial charge in [0.1, 0.15) is 23.5 Å². The Bertz CT molecular complexity index is 1020. The Morgan fingerprint density at radius 2 is 1.81 bits per heavy atom. The lowest BCUT2D eigenvalue weighted by atomic mass is 10.1. The van der Waals surface area contributed by atoms with E-state index in [1.54, 1.807) is 12.1 Å². The number of hydrogen-bond donors (Lipinski definition) is 0. The van der Waals surface area contributed by atoms with E-state index < -0.39 is 0 Å². The highest BCUT2D eigenvalue weighted by molar-refractivity contribution is 6.32. The Labute approximate surface area is 157 Å². The second-order valence-electron chi connectivity index (χ2n) is 5.71. The van der Waals surface area contributed by atoms with Gasteiger partial charge in [-0.3, -0.25) is 0 Å². The van der Waals surface area contributed by atoms with Gasteiger partial charge in [-0.25, -0.2) is 0 Å². The van der Waals surface area contributed by atoms with Crippen LogP contribution in [0.1, 0.15) is 12.0 Å². The van der Waals surface area contributed by atoms with Gasteiger partial charge in [-0.15, -0.1) is 0 Å². The molecule has 0 fully saturated rings. The molecule has 0 atom stereocenters. The third-order valence-electron chi connectivity index (χ3n) is 4.00. The molecular formula is C21H16ClN3O. The van der Waals surface area contributed by atoms with Crippen molar-refractivity contribution in [1.29, 1.82) is 10.5 Å². The molecule has 0 N–H and O–H groups in total. The molecule has 0 bridgehead atoms. The summed E-state index contributed by atoms with van der Waals surface area (Å²) in [6.07, 6.45) is 4.39. The summed E-state index contributed by atoms with van der Waals surface area (Å²) < 4.78 is 7.85. The van der Waals surface area contributed by atoms with Gasteiger partial charge in [-0.1, -0.05) is 41.9 Å². The van der Waals surface area contributed by atoms with Crippen LogP contribution < -0.4 is 4.74 Å². The molecule has 128 valence electrons. The van der Waals surface area contributed by atoms with Crippen LogP contribution in [0.25, 0.3) is 17.0 Å². The summed E-state index contributed by atoms with van der Waals surface area (Å²) in [5, 5.41) is 19.6. The van der Waals surface area contributed by atoms with Gasteiger partial charge in [0.2, 0.25) is 0 Å². The average molecular weight is 362 g/mol. The number of aromatic nitrogens is 1. The number of fused-ring (bicyclic) bond motifs is 1. The van der Waals surface area contributed by atoms with E-state index in [4.69, 9.17) is 26.9 Å². The summed E-state index contributed by atoms with van der Waals surface area (Å²) in [5.74, 6) is 0.683. The first-order valence-corrected chi connectivity index (χ1v) is 8.58. The Morgan fingerprint density at radius 3 is 2.58 bits per heavy atom. The Balaban J connectivity index is 1.74. The number of nitriles is 2. The molecule has 0 amide bonds. The molecule has 0 aliphatic rings. The maximum absolute atomic E-state index is 9.00. The lowest BCUT2D eigenvalue weighted by molar-refractivity contribution is 0.303. The SMILES string of the molecule is N#CC(C#N)=Cc1cn(CCCOc2ccccc2Cl)c2ccccc12. The molecule has 0 spiro atoms. The van der Waals surface area contributed by atoms with Crippen LogP contribution in [0.3, 0.4) is 0 Å². The third-order valence-corrected chi connectivity index (χ3v) is 4.31. The van der Waals surface area contributed by atoms with E-state index in [2.05, 4.69) is 4.57 Å². The molecular weight excluding hydrogens is 346 g/mol. The minimum absolute atomic E-state index is 0.0926. The first-order valence-electron chi connectivity index (χ1n) is 8.20. The fourth-order valence-electron chi connectivity index (χ4n) is 2.80. The highest BCUT2D eigenvalue weighted by Crippen LogP contribution is 2.25. The second-order valence-corrected chi connectivity index (χ2v) is 6.12. The van der Waals surface area contributed by atoms with Crippen molar-refractivity contribution in [3.05, 3.63) is 70.9 Å². The van der Waals surface area contributed by atoms with Crippen LogP contribution in [-0.2, 0) is 6.54 Å². The predicted molar refractivity (Wildman–Crippen MR) is 103 cm³/mol. The molecule has 0 aliphatic heterocycles. The average Bonchev–Trinajstić information content (AvgIpc) is 3.02. The van der Waals surface area contributed by atoms with Gasteiger partial charge in [-0.2, -0.15) is 10.5 Å². The topological polar surface area (TPSA) is 61.7 Å². The minimum Gasteiger partial charge on any atom is -0.492 e. The lowest BCUT2D eigenvalue weighted by Gasteiger charge is -2.09. The highest BCUT2D eigenvalue weighted by atomic mass is 35.5. The van der Waals surface area contributed by atoms with Crippen molar-refractivity contribution in [2.24, 2.45) is 0 Å². The minimum atomic E-state index is 0.0926. The summed E-state index contributed by atoms with van der Waals surface area (Å²) in [4.78, 5) is 0. The Kier molecular flexibility index (Phi) is 5.59. The van der Waals surface area contributed by atoms with Crippen molar-refractivity contribution in [3.63, 3.8) is 0 Å². The van der Waals surface area contributed by atoms with Crippen molar-refractivity contribution in [2.75, 3.05) is 6.61 Å². The zero-order valence-corrected chi connectivity index (χ0v) is 14.8. The molecule has 5 heteroatoms. The van der Waals surface area contributed by atoms with Gasteiger partial charge >= 0.3 is 0 Å². The van der Waals surface area contributed by atoms with Gasteiger partial charge in [0, 0.05) is 29.2 Å². The van der Waals surface area contributed by atoms with Crippen molar-refractivity contribution < 1.29 is 4.74 Å². The van der Waals surface area contributed by atoms with Crippen molar-refractivity contribution in [1.82, 2.24) is 4.57 Å². The summed E-state index contributed by atoms with van der Waals surface area (Å²) in [6.45, 7) is 1.30. The number of hydrogen-bond acceptors (Lipinski definition) is 3. The Morgan fingerprint density at radius 1 is 1.08 bits per heavy atom. The largest absolute Gasteiger partial charge is 0.492 e. The summed E-state index contributed by atoms with van der Waals surface area (Å²) in [6, 6.07) is 19.2. The molecule has 1 aromatic heterocycles. The van der Waals surface area contributed by atoms with Gasteiger partial charge in [0.05, 0.1) is 11.6 Å². The second kappa shape index (κ2) is 8.25. The number of para-hydroxylation sites is 2. The first kappa shape index (κ1) is 17.6. The van der Waals surface area contributed by atoms with Crippen LogP contribution in [0.5, 0.6) is 5.75 Å². The van der Waals surface area contributed by atoms with Crippen LogP contribution in [0.4, 0.5) is 0 Å². The highest BCUT2D eigenvalue weighted by Gasteiger charge is 2.08. The smallest absolute Gasteiger partial charge is 0.137 e. The lowest BCUT2D eigenvalue weighted by Crippen LogP contribution is -2.04. The zero-order valence-electron chi connectivity index (χ0n) is 14.0. The van der Waals surface area contributed by atoms with E-state index in [1.165, 1.54) is 0 Å².